The van der Waals surface area contributed by atoms with Crippen LogP contribution in [0.2, 0.25) is 0 Å². The average Bonchev–Trinajstić information content (AvgIpc) is 2.58. The van der Waals surface area contributed by atoms with Crippen LogP contribution in [0.1, 0.15) is 0 Å². The summed E-state index contributed by atoms with van der Waals surface area (Å²) >= 11 is 1.65. The first-order valence-corrected chi connectivity index (χ1v) is 4.13. The predicted octanol–water partition coefficient (Wildman–Crippen LogP) is 2.41. The summed E-state index contributed by atoms with van der Waals surface area (Å²) in [6, 6.07) is 8.89. The van der Waals surface area contributed by atoms with Crippen molar-refractivity contribution in [3.63, 3.8) is 0 Å². The molecule has 0 N–H and O–H groups in total. The van der Waals surface area contributed by atoms with Crippen LogP contribution in [0, 0.1) is 12.3 Å². The van der Waals surface area contributed by atoms with Crippen molar-refractivity contribution in [3.05, 3.63) is 42.0 Å². The second-order valence-corrected chi connectivity index (χ2v) is 2.97. The molecule has 2 aromatic rings. The number of rotatable bonds is 1. The van der Waals surface area contributed by atoms with Crippen molar-refractivity contribution in [2.24, 2.45) is 0 Å². The van der Waals surface area contributed by atoms with Crippen molar-refractivity contribution in [1.29, 1.82) is 0 Å². The molecule has 0 aliphatic rings. The Morgan fingerprint density at radius 1 is 1.45 bits per heavy atom. The van der Waals surface area contributed by atoms with E-state index in [0.29, 0.717) is 0 Å². The SMILES string of the molecule is [c]1ncccc1-c1[c]ccs1. The van der Waals surface area contributed by atoms with Crippen LogP contribution in [-0.4, -0.2) is 4.98 Å². The molecule has 52 valence electrons. The first kappa shape index (κ1) is 6.55. The van der Waals surface area contributed by atoms with E-state index in [0.717, 1.165) is 10.4 Å². The number of thiophene rings is 1. The van der Waals surface area contributed by atoms with Gasteiger partial charge in [-0.3, -0.25) is 4.98 Å². The molecule has 0 aliphatic carbocycles. The number of aromatic nitrogens is 1. The number of pyridine rings is 1. The Bertz CT molecular complexity index is 313. The lowest BCUT2D eigenvalue weighted by molar-refractivity contribution is 1.32. The maximum absolute atomic E-state index is 3.90. The van der Waals surface area contributed by atoms with Gasteiger partial charge in [0.25, 0.3) is 0 Å². The van der Waals surface area contributed by atoms with E-state index in [1.807, 2.05) is 23.6 Å². The molecule has 0 saturated heterocycles. The Labute approximate surface area is 69.3 Å². The maximum Gasteiger partial charge on any atom is 0.0979 e. The number of hydrogen-bond acceptors (Lipinski definition) is 2. The van der Waals surface area contributed by atoms with Gasteiger partial charge in [0.05, 0.1) is 6.20 Å². The molecule has 2 radical (unpaired) electrons. The predicted molar refractivity (Wildman–Crippen MR) is 45.2 cm³/mol. The Balaban J connectivity index is 2.46. The number of nitrogens with zero attached hydrogens (tertiary/aromatic N) is 1. The highest BCUT2D eigenvalue weighted by atomic mass is 32.1. The second kappa shape index (κ2) is 2.84. The minimum Gasteiger partial charge on any atom is -0.254 e. The molecule has 0 amide bonds. The summed E-state index contributed by atoms with van der Waals surface area (Å²) in [5.74, 6) is 0. The van der Waals surface area contributed by atoms with E-state index in [1.54, 1.807) is 17.5 Å². The normalized spacial score (nSPS) is 9.82. The highest BCUT2D eigenvalue weighted by Crippen LogP contribution is 2.21. The van der Waals surface area contributed by atoms with E-state index >= 15 is 0 Å². The van der Waals surface area contributed by atoms with Crippen molar-refractivity contribution in [3.8, 4) is 10.4 Å². The summed E-state index contributed by atoms with van der Waals surface area (Å²) in [5, 5.41) is 2.00. The Kier molecular flexibility index (Phi) is 1.69. The van der Waals surface area contributed by atoms with Gasteiger partial charge in [-0.15, -0.1) is 11.3 Å². The summed E-state index contributed by atoms with van der Waals surface area (Å²) in [6.45, 7) is 0. The van der Waals surface area contributed by atoms with Gasteiger partial charge in [0.15, 0.2) is 0 Å². The summed E-state index contributed by atoms with van der Waals surface area (Å²) in [5.41, 5.74) is 1.02. The van der Waals surface area contributed by atoms with Crippen LogP contribution in [0.5, 0.6) is 0 Å². The van der Waals surface area contributed by atoms with Gasteiger partial charge in [0.2, 0.25) is 0 Å². The largest absolute Gasteiger partial charge is 0.254 e. The van der Waals surface area contributed by atoms with Gasteiger partial charge in [-0.1, -0.05) is 0 Å². The molecule has 0 spiro atoms. The zero-order valence-electron chi connectivity index (χ0n) is 5.74. The highest BCUT2D eigenvalue weighted by molar-refractivity contribution is 7.13. The summed E-state index contributed by atoms with van der Waals surface area (Å²) < 4.78 is 0. The molecule has 0 bridgehead atoms. The molecule has 2 heterocycles. The zero-order valence-corrected chi connectivity index (χ0v) is 6.56. The second-order valence-electron chi connectivity index (χ2n) is 2.06. The van der Waals surface area contributed by atoms with Crippen molar-refractivity contribution < 1.29 is 0 Å². The minimum atomic E-state index is 1.02. The Hall–Kier alpha value is -1.15. The topological polar surface area (TPSA) is 12.9 Å². The molecular formula is C9H5NS. The van der Waals surface area contributed by atoms with Gasteiger partial charge in [-0.25, -0.2) is 0 Å². The van der Waals surface area contributed by atoms with Crippen LogP contribution in [0.25, 0.3) is 10.4 Å². The molecule has 0 unspecified atom stereocenters. The van der Waals surface area contributed by atoms with Crippen LogP contribution in [-0.2, 0) is 0 Å². The summed E-state index contributed by atoms with van der Waals surface area (Å²) in [7, 11) is 0. The molecule has 1 nitrogen and oxygen atoms in total. The lowest BCUT2D eigenvalue weighted by Crippen LogP contribution is -1.73. The van der Waals surface area contributed by atoms with Gasteiger partial charge >= 0.3 is 0 Å². The fourth-order valence-electron chi connectivity index (χ4n) is 0.840. The fourth-order valence-corrected chi connectivity index (χ4v) is 1.49. The van der Waals surface area contributed by atoms with Crippen molar-refractivity contribution in [2.45, 2.75) is 0 Å². The molecule has 2 heteroatoms. The number of hydrogen-bond donors (Lipinski definition) is 0. The first-order chi connectivity index (χ1) is 5.47. The summed E-state index contributed by atoms with van der Waals surface area (Å²) in [4.78, 5) is 5.00. The van der Waals surface area contributed by atoms with Crippen LogP contribution in [0.15, 0.2) is 29.8 Å². The van der Waals surface area contributed by atoms with Crippen molar-refractivity contribution in [1.82, 2.24) is 4.98 Å². The third-order valence-corrected chi connectivity index (χ3v) is 2.17. The van der Waals surface area contributed by atoms with Gasteiger partial charge in [-0.2, -0.15) is 0 Å². The van der Waals surface area contributed by atoms with E-state index in [2.05, 4.69) is 17.2 Å². The zero-order chi connectivity index (χ0) is 7.52. The molecular weight excluding hydrogens is 154 g/mol. The van der Waals surface area contributed by atoms with Gasteiger partial charge < -0.3 is 0 Å². The monoisotopic (exact) mass is 159 g/mol. The van der Waals surface area contributed by atoms with Crippen LogP contribution in [0.3, 0.4) is 0 Å². The lowest BCUT2D eigenvalue weighted by Gasteiger charge is -1.90. The van der Waals surface area contributed by atoms with Gasteiger partial charge in [0, 0.05) is 22.7 Å². The smallest absolute Gasteiger partial charge is 0.0979 e. The van der Waals surface area contributed by atoms with E-state index in [-0.39, 0.29) is 0 Å². The van der Waals surface area contributed by atoms with E-state index in [4.69, 9.17) is 0 Å². The Morgan fingerprint density at radius 2 is 2.45 bits per heavy atom. The minimum absolute atomic E-state index is 1.02. The molecule has 0 aliphatic heterocycles. The third kappa shape index (κ3) is 1.30. The fraction of sp³-hybridized carbons (Fsp3) is 0. The molecule has 0 atom stereocenters. The summed E-state index contributed by atoms with van der Waals surface area (Å²) in [6.07, 6.45) is 4.62. The molecule has 2 rings (SSSR count). The van der Waals surface area contributed by atoms with Crippen LogP contribution >= 0.6 is 11.3 Å². The van der Waals surface area contributed by atoms with Crippen molar-refractivity contribution >= 4 is 11.3 Å². The Morgan fingerprint density at radius 3 is 3.09 bits per heavy atom. The molecule has 11 heavy (non-hydrogen) atoms. The third-order valence-electron chi connectivity index (χ3n) is 1.32. The standard InChI is InChI=1S/C9H5NS/c1-3-8(7-10-5-1)9-4-2-6-11-9/h1-3,5-6H. The average molecular weight is 159 g/mol. The molecule has 0 fully saturated rings. The molecule has 2 aromatic heterocycles. The lowest BCUT2D eigenvalue weighted by atomic mass is 10.2. The van der Waals surface area contributed by atoms with E-state index in [1.165, 1.54) is 0 Å². The highest BCUT2D eigenvalue weighted by Gasteiger charge is 1.96. The van der Waals surface area contributed by atoms with Gasteiger partial charge in [0.1, 0.15) is 0 Å². The van der Waals surface area contributed by atoms with Crippen LogP contribution in [0.4, 0.5) is 0 Å². The first-order valence-electron chi connectivity index (χ1n) is 3.25. The molecule has 0 aromatic carbocycles. The van der Waals surface area contributed by atoms with Crippen molar-refractivity contribution in [2.75, 3.05) is 0 Å². The van der Waals surface area contributed by atoms with Gasteiger partial charge in [-0.05, 0) is 23.6 Å². The quantitative estimate of drug-likeness (QED) is 0.622. The van der Waals surface area contributed by atoms with E-state index < -0.39 is 0 Å². The van der Waals surface area contributed by atoms with Crippen LogP contribution < -0.4 is 0 Å². The molecule has 0 saturated carbocycles. The maximum atomic E-state index is 3.90. The van der Waals surface area contributed by atoms with E-state index in [9.17, 15) is 0 Å².